The average Bonchev–Trinajstić information content (AvgIpc) is 2.85. The van der Waals surface area contributed by atoms with Gasteiger partial charge in [0.05, 0.1) is 12.0 Å². The number of sulfone groups is 1. The van der Waals surface area contributed by atoms with E-state index in [4.69, 9.17) is 9.94 Å². The van der Waals surface area contributed by atoms with Crippen molar-refractivity contribution in [1.29, 1.82) is 0 Å². The second kappa shape index (κ2) is 7.28. The van der Waals surface area contributed by atoms with E-state index in [-0.39, 0.29) is 9.80 Å². The smallest absolute Gasteiger partial charge is 0.330 e. The van der Waals surface area contributed by atoms with E-state index in [1.165, 1.54) is 52.3 Å². The average molecular weight is 429 g/mol. The Morgan fingerprint density at radius 3 is 2.14 bits per heavy atom. The first-order valence-corrected chi connectivity index (χ1v) is 9.99. The standard InChI is InChI=1S/C17H23N3O8S/c1-10(29(26,27)12-8-6-11(28-5)7-9-12)17(24,13(21)18-25)20-14(22)16(2,3)19(4)15(20)23/h6-10,24-25H,1-5H3,(H,18,21). The van der Waals surface area contributed by atoms with E-state index >= 15 is 0 Å². The lowest BCUT2D eigenvalue weighted by Crippen LogP contribution is -2.68. The van der Waals surface area contributed by atoms with Gasteiger partial charge in [0.15, 0.2) is 9.84 Å². The summed E-state index contributed by atoms with van der Waals surface area (Å²) in [6.45, 7) is 3.70. The topological polar surface area (TPSA) is 154 Å². The summed E-state index contributed by atoms with van der Waals surface area (Å²) in [5, 5.41) is 18.2. The number of carbonyl (C=O) groups excluding carboxylic acids is 3. The van der Waals surface area contributed by atoms with Crippen molar-refractivity contribution in [3.8, 4) is 5.75 Å². The van der Waals surface area contributed by atoms with Gasteiger partial charge in [0.2, 0.25) is 5.72 Å². The number of aliphatic hydroxyl groups is 1. The summed E-state index contributed by atoms with van der Waals surface area (Å²) in [4.78, 5) is 38.7. The van der Waals surface area contributed by atoms with Crippen LogP contribution in [0, 0.1) is 0 Å². The van der Waals surface area contributed by atoms with E-state index in [2.05, 4.69) is 0 Å². The molecule has 11 nitrogen and oxygen atoms in total. The summed E-state index contributed by atoms with van der Waals surface area (Å²) in [6.07, 6.45) is 0. The molecular weight excluding hydrogens is 406 g/mol. The maximum absolute atomic E-state index is 13.1. The fourth-order valence-corrected chi connectivity index (χ4v) is 4.50. The summed E-state index contributed by atoms with van der Waals surface area (Å²) in [5.41, 5.74) is -3.52. The van der Waals surface area contributed by atoms with Crippen LogP contribution in [0.4, 0.5) is 4.79 Å². The molecule has 3 N–H and O–H groups in total. The van der Waals surface area contributed by atoms with E-state index in [0.717, 1.165) is 17.3 Å². The first-order chi connectivity index (χ1) is 13.3. The Balaban J connectivity index is 2.63. The zero-order valence-corrected chi connectivity index (χ0v) is 17.3. The number of hydrogen-bond donors (Lipinski definition) is 3. The van der Waals surface area contributed by atoms with Crippen molar-refractivity contribution in [2.24, 2.45) is 0 Å². The quantitative estimate of drug-likeness (QED) is 0.317. The van der Waals surface area contributed by atoms with E-state index in [9.17, 15) is 27.9 Å². The fraction of sp³-hybridized carbons (Fsp3) is 0.471. The van der Waals surface area contributed by atoms with Crippen LogP contribution in [0.5, 0.6) is 5.75 Å². The molecule has 0 saturated carbocycles. The molecule has 1 saturated heterocycles. The van der Waals surface area contributed by atoms with Gasteiger partial charge in [-0.05, 0) is 45.0 Å². The van der Waals surface area contributed by atoms with Crippen LogP contribution in [0.2, 0.25) is 0 Å². The van der Waals surface area contributed by atoms with Crippen molar-refractivity contribution in [2.75, 3.05) is 14.2 Å². The number of ether oxygens (including phenoxy) is 1. The first kappa shape index (κ1) is 22.6. The second-order valence-corrected chi connectivity index (χ2v) is 9.34. The SMILES string of the molecule is COc1ccc(S(=O)(=O)C(C)C(O)(C(=O)NO)N2C(=O)N(C)C(C)(C)C2=O)cc1. The predicted molar refractivity (Wildman–Crippen MR) is 98.6 cm³/mol. The third-order valence-electron chi connectivity index (χ3n) is 5.24. The summed E-state index contributed by atoms with van der Waals surface area (Å²) in [5.74, 6) is -2.28. The van der Waals surface area contributed by atoms with Gasteiger partial charge < -0.3 is 14.7 Å². The number of imide groups is 1. The second-order valence-electron chi connectivity index (χ2n) is 7.07. The highest BCUT2D eigenvalue weighted by atomic mass is 32.2. The van der Waals surface area contributed by atoms with Crippen molar-refractivity contribution in [1.82, 2.24) is 15.3 Å². The molecule has 1 aliphatic heterocycles. The van der Waals surface area contributed by atoms with Crippen LogP contribution in [0.25, 0.3) is 0 Å². The molecule has 1 aliphatic rings. The number of benzene rings is 1. The summed E-state index contributed by atoms with van der Waals surface area (Å²) >= 11 is 0. The minimum atomic E-state index is -4.46. The zero-order chi connectivity index (χ0) is 22.4. The van der Waals surface area contributed by atoms with Gasteiger partial charge in [-0.15, -0.1) is 0 Å². The molecule has 2 unspecified atom stereocenters. The number of methoxy groups -OCH3 is 1. The van der Waals surface area contributed by atoms with E-state index in [1.807, 2.05) is 0 Å². The normalized spacial score (nSPS) is 19.7. The van der Waals surface area contributed by atoms with E-state index in [1.54, 1.807) is 0 Å². The number of nitrogens with one attached hydrogen (secondary N) is 1. The van der Waals surface area contributed by atoms with Crippen LogP contribution in [0.15, 0.2) is 29.2 Å². The maximum Gasteiger partial charge on any atom is 0.330 e. The van der Waals surface area contributed by atoms with Crippen molar-refractivity contribution >= 4 is 27.7 Å². The molecule has 2 rings (SSSR count). The highest BCUT2D eigenvalue weighted by Gasteiger charge is 2.64. The zero-order valence-electron chi connectivity index (χ0n) is 16.5. The molecule has 0 aromatic heterocycles. The third kappa shape index (κ3) is 3.22. The summed E-state index contributed by atoms with van der Waals surface area (Å²) < 4.78 is 31.1. The molecule has 0 aliphatic carbocycles. The molecule has 0 bridgehead atoms. The number of hydroxylamine groups is 1. The molecule has 12 heteroatoms. The van der Waals surface area contributed by atoms with Crippen molar-refractivity contribution < 1.29 is 37.9 Å². The van der Waals surface area contributed by atoms with Crippen LogP contribution in [0.1, 0.15) is 20.8 Å². The van der Waals surface area contributed by atoms with Gasteiger partial charge in [-0.25, -0.2) is 23.6 Å². The van der Waals surface area contributed by atoms with Crippen LogP contribution in [0.3, 0.4) is 0 Å². The molecule has 2 atom stereocenters. The van der Waals surface area contributed by atoms with Crippen LogP contribution >= 0.6 is 0 Å². The molecule has 1 aromatic carbocycles. The molecule has 1 fully saturated rings. The highest BCUT2D eigenvalue weighted by molar-refractivity contribution is 7.92. The first-order valence-electron chi connectivity index (χ1n) is 8.45. The van der Waals surface area contributed by atoms with Crippen molar-refractivity contribution in [2.45, 2.75) is 42.2 Å². The lowest BCUT2D eigenvalue weighted by molar-refractivity contribution is -0.172. The van der Waals surface area contributed by atoms with Crippen LogP contribution in [-0.2, 0) is 19.4 Å². The maximum atomic E-state index is 13.1. The van der Waals surface area contributed by atoms with Gasteiger partial charge in [0.1, 0.15) is 16.5 Å². The van der Waals surface area contributed by atoms with Gasteiger partial charge in [0, 0.05) is 7.05 Å². The number of likely N-dealkylation sites (N-methyl/N-ethyl adjacent to an activating group) is 1. The van der Waals surface area contributed by atoms with Gasteiger partial charge >= 0.3 is 6.03 Å². The molecule has 1 aromatic rings. The number of nitrogens with zero attached hydrogens (tertiary/aromatic N) is 2. The van der Waals surface area contributed by atoms with Crippen LogP contribution in [-0.4, -0.2) is 77.0 Å². The minimum Gasteiger partial charge on any atom is -0.497 e. The number of carbonyl (C=O) groups is 3. The molecular formula is C17H23N3O8S. The molecule has 0 radical (unpaired) electrons. The predicted octanol–water partition coefficient (Wildman–Crippen LogP) is -0.276. The molecule has 29 heavy (non-hydrogen) atoms. The van der Waals surface area contributed by atoms with Gasteiger partial charge in [0.25, 0.3) is 11.8 Å². The number of amides is 4. The Morgan fingerprint density at radius 2 is 1.76 bits per heavy atom. The Hall–Kier alpha value is -2.70. The Kier molecular flexibility index (Phi) is 5.67. The number of hydrogen-bond acceptors (Lipinski definition) is 8. The highest BCUT2D eigenvalue weighted by Crippen LogP contribution is 2.36. The van der Waals surface area contributed by atoms with Crippen molar-refractivity contribution in [3.63, 3.8) is 0 Å². The third-order valence-corrected chi connectivity index (χ3v) is 7.43. The largest absolute Gasteiger partial charge is 0.497 e. The fourth-order valence-electron chi connectivity index (χ4n) is 2.93. The minimum absolute atomic E-state index is 0.157. The molecule has 160 valence electrons. The number of rotatable bonds is 6. The Morgan fingerprint density at radius 1 is 1.24 bits per heavy atom. The summed E-state index contributed by atoms with van der Waals surface area (Å²) in [7, 11) is -1.81. The van der Waals surface area contributed by atoms with Crippen molar-refractivity contribution in [3.05, 3.63) is 24.3 Å². The Labute approximate surface area is 167 Å². The molecule has 1 heterocycles. The lowest BCUT2D eigenvalue weighted by atomic mass is 10.0. The van der Waals surface area contributed by atoms with Gasteiger partial charge in [-0.2, -0.15) is 0 Å². The molecule has 0 spiro atoms. The Bertz CT molecular complexity index is 944. The molecule has 4 amide bonds. The lowest BCUT2D eigenvalue weighted by Gasteiger charge is -2.37. The van der Waals surface area contributed by atoms with Gasteiger partial charge in [-0.1, -0.05) is 0 Å². The van der Waals surface area contributed by atoms with Gasteiger partial charge in [-0.3, -0.25) is 14.8 Å². The monoisotopic (exact) mass is 429 g/mol. The van der Waals surface area contributed by atoms with E-state index in [0.29, 0.717) is 5.75 Å². The van der Waals surface area contributed by atoms with Crippen LogP contribution < -0.4 is 10.2 Å². The summed E-state index contributed by atoms with van der Waals surface area (Å²) in [6, 6.07) is 3.99. The number of urea groups is 1. The van der Waals surface area contributed by atoms with E-state index < -0.39 is 44.2 Å².